The van der Waals surface area contributed by atoms with E-state index in [2.05, 4.69) is 69.5 Å². The van der Waals surface area contributed by atoms with Gasteiger partial charge in [-0.1, -0.05) is 12.1 Å². The van der Waals surface area contributed by atoms with Crippen LogP contribution in [0.2, 0.25) is 0 Å². The van der Waals surface area contributed by atoms with Crippen molar-refractivity contribution in [3.63, 3.8) is 0 Å². The lowest BCUT2D eigenvalue weighted by Gasteiger charge is -2.37. The molecule has 2 atom stereocenters. The van der Waals surface area contributed by atoms with Crippen LogP contribution in [0.5, 0.6) is 0 Å². The first kappa shape index (κ1) is 40.2. The van der Waals surface area contributed by atoms with E-state index >= 15 is 0 Å². The Labute approximate surface area is 303 Å². The van der Waals surface area contributed by atoms with Gasteiger partial charge in [0.1, 0.15) is 32.0 Å². The van der Waals surface area contributed by atoms with Crippen LogP contribution in [0.15, 0.2) is 45.6 Å². The van der Waals surface area contributed by atoms with Crippen LogP contribution in [-0.2, 0) is 18.9 Å². The summed E-state index contributed by atoms with van der Waals surface area (Å²) in [5.41, 5.74) is -1.41. The Morgan fingerprint density at radius 2 is 1.08 bits per heavy atom. The number of halogens is 2. The van der Waals surface area contributed by atoms with Gasteiger partial charge in [0, 0.05) is 26.3 Å². The van der Waals surface area contributed by atoms with Gasteiger partial charge in [0.15, 0.2) is 0 Å². The predicted molar refractivity (Wildman–Crippen MR) is 197 cm³/mol. The zero-order valence-electron chi connectivity index (χ0n) is 30.3. The van der Waals surface area contributed by atoms with Gasteiger partial charge in [0.25, 0.3) is 0 Å². The van der Waals surface area contributed by atoms with E-state index in [-0.39, 0.29) is 23.4 Å². The molecular formula is C36H54Br2N4O6. The van der Waals surface area contributed by atoms with Gasteiger partial charge >= 0.3 is 12.2 Å². The van der Waals surface area contributed by atoms with Gasteiger partial charge in [0.2, 0.25) is 0 Å². The maximum atomic E-state index is 12.7. The van der Waals surface area contributed by atoms with Crippen molar-refractivity contribution in [3.8, 4) is 0 Å². The first-order valence-corrected chi connectivity index (χ1v) is 18.2. The summed E-state index contributed by atoms with van der Waals surface area (Å²) < 4.78 is 24.1. The van der Waals surface area contributed by atoms with E-state index < -0.39 is 11.2 Å². The Morgan fingerprint density at radius 3 is 1.38 bits per heavy atom. The summed E-state index contributed by atoms with van der Waals surface area (Å²) in [5.74, 6) is 1.90. The van der Waals surface area contributed by atoms with Crippen LogP contribution in [0, 0.1) is 11.8 Å². The molecule has 0 N–H and O–H groups in total. The van der Waals surface area contributed by atoms with E-state index in [1.54, 1.807) is 9.80 Å². The van der Waals surface area contributed by atoms with Crippen LogP contribution >= 0.6 is 31.9 Å². The molecule has 4 rings (SSSR count). The molecule has 4 heterocycles. The minimum Gasteiger partial charge on any atom is -0.443 e. The van der Waals surface area contributed by atoms with E-state index in [0.717, 1.165) is 25.7 Å². The maximum absolute atomic E-state index is 12.7. The SMILES string of the molecule is CC(C)(C)OC(=O)N(C[C@@H]1CCOC(C)(C)C1)c1cccc(Br)n1.CC(C)(C)OC(=O)N(C[C@H]1CCOC(C)(C)C1)c1cccc(Br)n1. The van der Waals surface area contributed by atoms with Crippen LogP contribution in [0.1, 0.15) is 94.9 Å². The van der Waals surface area contributed by atoms with Crippen molar-refractivity contribution in [2.24, 2.45) is 11.8 Å². The highest BCUT2D eigenvalue weighted by Crippen LogP contribution is 2.32. The topological polar surface area (TPSA) is 103 Å². The molecule has 0 bridgehead atoms. The zero-order valence-corrected chi connectivity index (χ0v) is 33.4. The maximum Gasteiger partial charge on any atom is 0.416 e. The quantitative estimate of drug-likeness (QED) is 0.267. The number of hydrogen-bond donors (Lipinski definition) is 0. The van der Waals surface area contributed by atoms with Gasteiger partial charge in [-0.15, -0.1) is 0 Å². The summed E-state index contributed by atoms with van der Waals surface area (Å²) in [6, 6.07) is 11.1. The van der Waals surface area contributed by atoms with Crippen molar-refractivity contribution in [2.75, 3.05) is 36.1 Å². The van der Waals surface area contributed by atoms with Gasteiger partial charge in [-0.2, -0.15) is 0 Å². The molecule has 2 aliphatic rings. The Hall–Kier alpha value is -2.28. The minimum absolute atomic E-state index is 0.160. The van der Waals surface area contributed by atoms with Gasteiger partial charge < -0.3 is 18.9 Å². The molecule has 12 heteroatoms. The number of hydrogen-bond acceptors (Lipinski definition) is 8. The predicted octanol–water partition coefficient (Wildman–Crippen LogP) is 9.58. The van der Waals surface area contributed by atoms with Crippen molar-refractivity contribution in [1.29, 1.82) is 0 Å². The number of nitrogens with zero attached hydrogens (tertiary/aromatic N) is 4. The number of ether oxygens (including phenoxy) is 4. The monoisotopic (exact) mass is 796 g/mol. The third kappa shape index (κ3) is 13.9. The molecule has 0 aliphatic carbocycles. The summed E-state index contributed by atoms with van der Waals surface area (Å²) in [6.07, 6.45) is 2.93. The Bertz CT molecular complexity index is 1270. The number of aromatic nitrogens is 2. The lowest BCUT2D eigenvalue weighted by atomic mass is 9.88. The first-order chi connectivity index (χ1) is 22.1. The molecule has 48 heavy (non-hydrogen) atoms. The van der Waals surface area contributed by atoms with Crippen molar-refractivity contribution in [2.45, 2.75) is 117 Å². The van der Waals surface area contributed by atoms with Gasteiger partial charge in [-0.25, -0.2) is 19.6 Å². The van der Waals surface area contributed by atoms with Crippen molar-refractivity contribution >= 4 is 55.7 Å². The van der Waals surface area contributed by atoms with Crippen LogP contribution < -0.4 is 9.80 Å². The standard InChI is InChI=1S/2C18H27BrN2O3/c2*1-17(2,3)24-16(22)21(15-8-6-7-14(19)20-15)12-13-9-10-23-18(4,5)11-13/h2*6-8,13H,9-12H2,1-5H3/t2*13-/m10/s1. The molecule has 10 nitrogen and oxygen atoms in total. The second-order valence-electron chi connectivity index (χ2n) is 15.8. The number of carbonyl (C=O) groups is 2. The number of anilines is 2. The summed E-state index contributed by atoms with van der Waals surface area (Å²) in [5, 5.41) is 0. The average molecular weight is 799 g/mol. The highest BCUT2D eigenvalue weighted by molar-refractivity contribution is 9.10. The highest BCUT2D eigenvalue weighted by Gasteiger charge is 2.34. The Balaban J connectivity index is 0.000000260. The lowest BCUT2D eigenvalue weighted by molar-refractivity contribution is -0.0712. The molecule has 2 aromatic rings. The van der Waals surface area contributed by atoms with E-state index in [9.17, 15) is 9.59 Å². The van der Waals surface area contributed by atoms with Gasteiger partial charge in [-0.3, -0.25) is 9.80 Å². The van der Waals surface area contributed by atoms with Gasteiger partial charge in [-0.05, 0) is 163 Å². The van der Waals surface area contributed by atoms with Crippen LogP contribution in [0.4, 0.5) is 21.2 Å². The van der Waals surface area contributed by atoms with Crippen LogP contribution in [0.25, 0.3) is 0 Å². The van der Waals surface area contributed by atoms with E-state index in [4.69, 9.17) is 18.9 Å². The summed E-state index contributed by atoms with van der Waals surface area (Å²) in [6.45, 7) is 22.2. The smallest absolute Gasteiger partial charge is 0.416 e. The minimum atomic E-state index is -0.545. The number of rotatable bonds is 6. The number of carbonyl (C=O) groups excluding carboxylic acids is 2. The molecular weight excluding hydrogens is 744 g/mol. The second kappa shape index (κ2) is 16.6. The summed E-state index contributed by atoms with van der Waals surface area (Å²) in [7, 11) is 0. The normalized spacial score (nSPS) is 20.5. The van der Waals surface area contributed by atoms with Crippen LogP contribution in [-0.4, -0.2) is 70.9 Å². The molecule has 2 saturated heterocycles. The van der Waals surface area contributed by atoms with E-state index in [1.807, 2.05) is 77.9 Å². The Kier molecular flexibility index (Phi) is 13.9. The number of amides is 2. The van der Waals surface area contributed by atoms with Crippen molar-refractivity contribution < 1.29 is 28.5 Å². The molecule has 0 radical (unpaired) electrons. The van der Waals surface area contributed by atoms with E-state index in [1.165, 1.54) is 0 Å². The van der Waals surface area contributed by atoms with Crippen molar-refractivity contribution in [3.05, 3.63) is 45.6 Å². The first-order valence-electron chi connectivity index (χ1n) is 16.7. The number of pyridine rings is 2. The third-order valence-electron chi connectivity index (χ3n) is 7.66. The van der Waals surface area contributed by atoms with Crippen LogP contribution in [0.3, 0.4) is 0 Å². The zero-order chi connectivity index (χ0) is 35.9. The fourth-order valence-corrected chi connectivity index (χ4v) is 6.47. The molecule has 0 aromatic carbocycles. The molecule has 0 unspecified atom stereocenters. The molecule has 2 fully saturated rings. The summed E-state index contributed by atoms with van der Waals surface area (Å²) in [4.78, 5) is 37.6. The molecule has 2 aromatic heterocycles. The van der Waals surface area contributed by atoms with Gasteiger partial charge in [0.05, 0.1) is 11.2 Å². The molecule has 2 amide bonds. The largest absolute Gasteiger partial charge is 0.443 e. The van der Waals surface area contributed by atoms with E-state index in [0.29, 0.717) is 59.0 Å². The molecule has 0 spiro atoms. The average Bonchev–Trinajstić information content (AvgIpc) is 2.92. The second-order valence-corrected chi connectivity index (χ2v) is 17.4. The fraction of sp³-hybridized carbons (Fsp3) is 0.667. The lowest BCUT2D eigenvalue weighted by Crippen LogP contribution is -2.44. The molecule has 0 saturated carbocycles. The Morgan fingerprint density at radius 1 is 0.729 bits per heavy atom. The van der Waals surface area contributed by atoms with Crippen molar-refractivity contribution in [1.82, 2.24) is 9.97 Å². The molecule has 268 valence electrons. The highest BCUT2D eigenvalue weighted by atomic mass is 79.9. The third-order valence-corrected chi connectivity index (χ3v) is 8.54. The fourth-order valence-electron chi connectivity index (χ4n) is 5.80. The molecule has 2 aliphatic heterocycles. The summed E-state index contributed by atoms with van der Waals surface area (Å²) >= 11 is 6.75.